The lowest BCUT2D eigenvalue weighted by molar-refractivity contribution is 0.120. The summed E-state index contributed by atoms with van der Waals surface area (Å²) in [5.41, 5.74) is 1.35. The minimum absolute atomic E-state index is 0.682. The van der Waals surface area contributed by atoms with Crippen molar-refractivity contribution in [2.75, 3.05) is 19.6 Å². The zero-order valence-corrected chi connectivity index (χ0v) is 13.3. The van der Waals surface area contributed by atoms with Crippen LogP contribution in [0.15, 0.2) is 12.4 Å². The van der Waals surface area contributed by atoms with Crippen molar-refractivity contribution in [2.45, 2.75) is 58.0 Å². The first kappa shape index (κ1) is 15.5. The van der Waals surface area contributed by atoms with Gasteiger partial charge >= 0.3 is 0 Å². The molecule has 0 amide bonds. The van der Waals surface area contributed by atoms with Gasteiger partial charge in [0.2, 0.25) is 0 Å². The molecule has 1 aromatic rings. The molecule has 0 aliphatic carbocycles. The molecule has 1 N–H and O–H groups in total. The van der Waals surface area contributed by atoms with Gasteiger partial charge in [-0.15, -0.1) is 0 Å². The van der Waals surface area contributed by atoms with E-state index in [4.69, 9.17) is 0 Å². The van der Waals surface area contributed by atoms with Crippen LogP contribution in [0.4, 0.5) is 0 Å². The van der Waals surface area contributed by atoms with Crippen LogP contribution < -0.4 is 5.32 Å². The Hall–Kier alpha value is -0.870. The Morgan fingerprint density at radius 3 is 2.75 bits per heavy atom. The molecule has 2 heterocycles. The fraction of sp³-hybridized carbons (Fsp3) is 0.812. The minimum Gasteiger partial charge on any atom is -0.311 e. The van der Waals surface area contributed by atoms with Crippen LogP contribution in [0.25, 0.3) is 0 Å². The summed E-state index contributed by atoms with van der Waals surface area (Å²) in [4.78, 5) is 2.70. The van der Waals surface area contributed by atoms with Crippen LogP contribution in [-0.4, -0.2) is 46.4 Å². The molecule has 1 aliphatic heterocycles. The van der Waals surface area contributed by atoms with E-state index < -0.39 is 0 Å². The van der Waals surface area contributed by atoms with E-state index in [-0.39, 0.29) is 0 Å². The lowest BCUT2D eigenvalue weighted by Crippen LogP contribution is -2.56. The van der Waals surface area contributed by atoms with E-state index in [0.717, 1.165) is 19.5 Å². The maximum atomic E-state index is 4.27. The molecule has 0 aromatic carbocycles. The molecule has 20 heavy (non-hydrogen) atoms. The summed E-state index contributed by atoms with van der Waals surface area (Å²) in [6.07, 6.45) is 10.4. The van der Waals surface area contributed by atoms with Crippen LogP contribution in [0.3, 0.4) is 0 Å². The van der Waals surface area contributed by atoms with Crippen LogP contribution in [0.2, 0.25) is 0 Å². The monoisotopic (exact) mass is 278 g/mol. The molecule has 2 atom stereocenters. The Labute approximate surface area is 123 Å². The molecule has 2 rings (SSSR count). The zero-order valence-electron chi connectivity index (χ0n) is 13.3. The van der Waals surface area contributed by atoms with E-state index in [1.54, 1.807) is 0 Å². The third kappa shape index (κ3) is 4.32. The molecule has 2 unspecified atom stereocenters. The molecule has 1 aromatic heterocycles. The Balaban J connectivity index is 1.88. The summed E-state index contributed by atoms with van der Waals surface area (Å²) in [6.45, 7) is 8.10. The molecule has 0 radical (unpaired) electrons. The fourth-order valence-corrected chi connectivity index (χ4v) is 3.24. The van der Waals surface area contributed by atoms with E-state index in [2.05, 4.69) is 35.4 Å². The third-order valence-corrected chi connectivity index (χ3v) is 4.32. The lowest BCUT2D eigenvalue weighted by atomic mass is 10.0. The van der Waals surface area contributed by atoms with E-state index >= 15 is 0 Å². The van der Waals surface area contributed by atoms with Crippen LogP contribution >= 0.6 is 0 Å². The van der Waals surface area contributed by atoms with Gasteiger partial charge in [-0.25, -0.2) is 0 Å². The first-order chi connectivity index (χ1) is 9.72. The Bertz CT molecular complexity index is 388. The second kappa shape index (κ2) is 7.79. The number of hydrogen-bond donors (Lipinski definition) is 1. The maximum Gasteiger partial charge on any atom is 0.0522 e. The van der Waals surface area contributed by atoms with Crippen molar-refractivity contribution >= 4 is 0 Å². The Morgan fingerprint density at radius 2 is 2.10 bits per heavy atom. The smallest absolute Gasteiger partial charge is 0.0522 e. The van der Waals surface area contributed by atoms with E-state index in [0.29, 0.717) is 12.1 Å². The Morgan fingerprint density at radius 1 is 1.30 bits per heavy atom. The number of nitrogens with one attached hydrogen (secondary N) is 1. The number of aromatic nitrogens is 2. The van der Waals surface area contributed by atoms with Crippen LogP contribution in [0.1, 0.15) is 45.1 Å². The molecule has 0 bridgehead atoms. The summed E-state index contributed by atoms with van der Waals surface area (Å²) >= 11 is 0. The number of nitrogens with zero attached hydrogens (tertiary/aromatic N) is 3. The van der Waals surface area contributed by atoms with Gasteiger partial charge in [0.25, 0.3) is 0 Å². The van der Waals surface area contributed by atoms with E-state index in [9.17, 15) is 0 Å². The van der Waals surface area contributed by atoms with Crippen molar-refractivity contribution < 1.29 is 0 Å². The molecule has 1 aliphatic rings. The van der Waals surface area contributed by atoms with Crippen LogP contribution in [0.5, 0.6) is 0 Å². The second-order valence-corrected chi connectivity index (χ2v) is 6.10. The minimum atomic E-state index is 0.682. The SMILES string of the molecule is CCCC1CN(CCc2cnn(C)c2)C(CCC)CN1. The summed E-state index contributed by atoms with van der Waals surface area (Å²) in [5.74, 6) is 0. The average molecular weight is 278 g/mol. The van der Waals surface area contributed by atoms with Gasteiger partial charge in [-0.3, -0.25) is 9.58 Å². The van der Waals surface area contributed by atoms with E-state index in [1.165, 1.54) is 37.8 Å². The molecular formula is C16H30N4. The second-order valence-electron chi connectivity index (χ2n) is 6.10. The van der Waals surface area contributed by atoms with E-state index in [1.807, 2.05) is 17.9 Å². The van der Waals surface area contributed by atoms with Gasteiger partial charge in [0.05, 0.1) is 6.20 Å². The molecule has 114 valence electrons. The zero-order chi connectivity index (χ0) is 14.4. The van der Waals surface area contributed by atoms with Crippen molar-refractivity contribution in [1.82, 2.24) is 20.0 Å². The largest absolute Gasteiger partial charge is 0.311 e. The number of rotatable bonds is 7. The normalized spacial score (nSPS) is 24.1. The van der Waals surface area contributed by atoms with Gasteiger partial charge < -0.3 is 5.32 Å². The van der Waals surface area contributed by atoms with Crippen molar-refractivity contribution in [3.05, 3.63) is 18.0 Å². The number of piperazine rings is 1. The van der Waals surface area contributed by atoms with Crippen molar-refractivity contribution in [3.63, 3.8) is 0 Å². The highest BCUT2D eigenvalue weighted by atomic mass is 15.2. The molecule has 1 fully saturated rings. The molecule has 4 heteroatoms. The molecule has 1 saturated heterocycles. The van der Waals surface area contributed by atoms with Gasteiger partial charge in [-0.05, 0) is 24.8 Å². The molecular weight excluding hydrogens is 248 g/mol. The highest BCUT2D eigenvalue weighted by Gasteiger charge is 2.26. The van der Waals surface area contributed by atoms with Gasteiger partial charge in [-0.1, -0.05) is 26.7 Å². The van der Waals surface area contributed by atoms with Crippen molar-refractivity contribution in [1.29, 1.82) is 0 Å². The molecule has 4 nitrogen and oxygen atoms in total. The highest BCUT2D eigenvalue weighted by molar-refractivity contribution is 5.04. The van der Waals surface area contributed by atoms with Crippen LogP contribution in [-0.2, 0) is 13.5 Å². The first-order valence-electron chi connectivity index (χ1n) is 8.17. The van der Waals surface area contributed by atoms with Gasteiger partial charge in [0, 0.05) is 45.0 Å². The quantitative estimate of drug-likeness (QED) is 0.830. The van der Waals surface area contributed by atoms with Crippen molar-refractivity contribution in [3.8, 4) is 0 Å². The summed E-state index contributed by atoms with van der Waals surface area (Å²) in [5, 5.41) is 7.99. The summed E-state index contributed by atoms with van der Waals surface area (Å²) < 4.78 is 1.90. The molecule has 0 spiro atoms. The number of hydrogen-bond acceptors (Lipinski definition) is 3. The first-order valence-corrected chi connectivity index (χ1v) is 8.17. The van der Waals surface area contributed by atoms with Gasteiger partial charge in [0.1, 0.15) is 0 Å². The standard InChI is InChI=1S/C16H30N4/c1-4-6-15-13-20(16(7-5-2)11-17-15)9-8-14-10-18-19(3)12-14/h10,12,15-17H,4-9,11,13H2,1-3H3. The predicted octanol–water partition coefficient (Wildman–Crippen LogP) is 2.21. The summed E-state index contributed by atoms with van der Waals surface area (Å²) in [6, 6.07) is 1.40. The lowest BCUT2D eigenvalue weighted by Gasteiger charge is -2.40. The van der Waals surface area contributed by atoms with Crippen molar-refractivity contribution in [2.24, 2.45) is 7.05 Å². The highest BCUT2D eigenvalue weighted by Crippen LogP contribution is 2.15. The fourth-order valence-electron chi connectivity index (χ4n) is 3.24. The van der Waals surface area contributed by atoms with Gasteiger partial charge in [0.15, 0.2) is 0 Å². The van der Waals surface area contributed by atoms with Crippen LogP contribution in [0, 0.1) is 0 Å². The predicted molar refractivity (Wildman–Crippen MR) is 83.9 cm³/mol. The summed E-state index contributed by atoms with van der Waals surface area (Å²) in [7, 11) is 1.99. The average Bonchev–Trinajstić information content (AvgIpc) is 2.85. The third-order valence-electron chi connectivity index (χ3n) is 4.32. The Kier molecular flexibility index (Phi) is 6.05. The topological polar surface area (TPSA) is 33.1 Å². The molecule has 0 saturated carbocycles. The maximum absolute atomic E-state index is 4.27. The van der Waals surface area contributed by atoms with Gasteiger partial charge in [-0.2, -0.15) is 5.10 Å². The number of aryl methyl sites for hydroxylation is 1.